The first-order chi connectivity index (χ1) is 7.20. The molecule has 2 rings (SSSR count). The van der Waals surface area contributed by atoms with E-state index in [0.29, 0.717) is 5.92 Å². The molecule has 1 nitrogen and oxygen atoms in total. The van der Waals surface area contributed by atoms with Crippen molar-refractivity contribution in [3.8, 4) is 0 Å². The summed E-state index contributed by atoms with van der Waals surface area (Å²) in [7, 11) is 0. The molecular weight excluding hydrogens is 202 g/mol. The molecule has 0 saturated carbocycles. The van der Waals surface area contributed by atoms with Crippen molar-refractivity contribution >= 4 is 11.8 Å². The molecular formula is C13H19NS. The second-order valence-corrected chi connectivity index (χ2v) is 5.59. The number of nitrogens with two attached hydrogens (primary N) is 1. The van der Waals surface area contributed by atoms with E-state index >= 15 is 0 Å². The molecule has 0 spiro atoms. The molecule has 1 fully saturated rings. The Kier molecular flexibility index (Phi) is 3.37. The van der Waals surface area contributed by atoms with E-state index < -0.39 is 0 Å². The molecule has 0 aliphatic carbocycles. The molecule has 1 saturated heterocycles. The molecule has 1 heterocycles. The van der Waals surface area contributed by atoms with Crippen LogP contribution in [0.25, 0.3) is 0 Å². The third-order valence-electron chi connectivity index (χ3n) is 3.48. The van der Waals surface area contributed by atoms with Gasteiger partial charge in [0.15, 0.2) is 0 Å². The van der Waals surface area contributed by atoms with E-state index in [2.05, 4.69) is 32.0 Å². The van der Waals surface area contributed by atoms with Gasteiger partial charge in [-0.3, -0.25) is 0 Å². The van der Waals surface area contributed by atoms with Gasteiger partial charge in [0.1, 0.15) is 0 Å². The number of hydrogen-bond donors (Lipinski definition) is 1. The highest BCUT2D eigenvalue weighted by molar-refractivity contribution is 7.99. The Morgan fingerprint density at radius 3 is 2.87 bits per heavy atom. The maximum atomic E-state index is 6.36. The summed E-state index contributed by atoms with van der Waals surface area (Å²) in [5.74, 6) is 3.19. The lowest BCUT2D eigenvalue weighted by Crippen LogP contribution is -2.22. The summed E-state index contributed by atoms with van der Waals surface area (Å²) in [5.41, 5.74) is 10.4. The van der Waals surface area contributed by atoms with Gasteiger partial charge < -0.3 is 5.73 Å². The maximum absolute atomic E-state index is 6.36. The molecule has 1 aliphatic rings. The van der Waals surface area contributed by atoms with Gasteiger partial charge in [0, 0.05) is 6.04 Å². The first-order valence-electron chi connectivity index (χ1n) is 5.59. The van der Waals surface area contributed by atoms with Crippen molar-refractivity contribution in [2.24, 2.45) is 11.7 Å². The molecule has 2 atom stereocenters. The zero-order valence-electron chi connectivity index (χ0n) is 9.49. The fraction of sp³-hybridized carbons (Fsp3) is 0.538. The lowest BCUT2D eigenvalue weighted by molar-refractivity contribution is 0.480. The topological polar surface area (TPSA) is 26.0 Å². The monoisotopic (exact) mass is 221 g/mol. The number of aryl methyl sites for hydroxylation is 1. The fourth-order valence-corrected chi connectivity index (χ4v) is 3.54. The van der Waals surface area contributed by atoms with E-state index in [1.54, 1.807) is 0 Å². The predicted octanol–water partition coefficient (Wildman–Crippen LogP) is 3.06. The minimum atomic E-state index is 0.236. The van der Waals surface area contributed by atoms with Gasteiger partial charge in [-0.2, -0.15) is 11.8 Å². The summed E-state index contributed by atoms with van der Waals surface area (Å²) in [6, 6.07) is 6.71. The van der Waals surface area contributed by atoms with Crippen LogP contribution in [-0.4, -0.2) is 11.5 Å². The Bertz CT molecular complexity index is 342. The molecule has 1 aliphatic heterocycles. The molecule has 0 amide bonds. The molecule has 0 radical (unpaired) electrons. The zero-order chi connectivity index (χ0) is 10.8. The molecule has 2 heteroatoms. The Labute approximate surface area is 96.4 Å². The van der Waals surface area contributed by atoms with Gasteiger partial charge in [-0.15, -0.1) is 0 Å². The largest absolute Gasteiger partial charge is 0.324 e. The first-order valence-corrected chi connectivity index (χ1v) is 6.75. The van der Waals surface area contributed by atoms with Gasteiger partial charge >= 0.3 is 0 Å². The van der Waals surface area contributed by atoms with Crippen molar-refractivity contribution in [2.45, 2.75) is 26.3 Å². The molecule has 1 aromatic carbocycles. The highest BCUT2D eigenvalue weighted by Crippen LogP contribution is 2.34. The first kappa shape index (κ1) is 11.0. The molecule has 1 aromatic rings. The molecule has 2 N–H and O–H groups in total. The average molecular weight is 221 g/mol. The van der Waals surface area contributed by atoms with Crippen LogP contribution in [0.1, 0.15) is 29.2 Å². The highest BCUT2D eigenvalue weighted by Gasteiger charge is 2.24. The fourth-order valence-electron chi connectivity index (χ4n) is 2.22. The minimum Gasteiger partial charge on any atom is -0.324 e. The Morgan fingerprint density at radius 2 is 2.20 bits per heavy atom. The quantitative estimate of drug-likeness (QED) is 0.830. The van der Waals surface area contributed by atoms with Crippen LogP contribution in [-0.2, 0) is 0 Å². The van der Waals surface area contributed by atoms with E-state index in [4.69, 9.17) is 5.73 Å². The number of rotatable bonds is 2. The predicted molar refractivity (Wildman–Crippen MR) is 68.3 cm³/mol. The summed E-state index contributed by atoms with van der Waals surface area (Å²) in [6.45, 7) is 4.35. The highest BCUT2D eigenvalue weighted by atomic mass is 32.2. The number of benzene rings is 1. The van der Waals surface area contributed by atoms with Crippen molar-refractivity contribution in [2.75, 3.05) is 11.5 Å². The summed E-state index contributed by atoms with van der Waals surface area (Å²) in [4.78, 5) is 0. The Hall–Kier alpha value is -0.470. The van der Waals surface area contributed by atoms with Crippen molar-refractivity contribution in [3.63, 3.8) is 0 Å². The van der Waals surface area contributed by atoms with Crippen molar-refractivity contribution in [1.82, 2.24) is 0 Å². The average Bonchev–Trinajstić information content (AvgIpc) is 2.74. The van der Waals surface area contributed by atoms with E-state index in [1.807, 2.05) is 11.8 Å². The minimum absolute atomic E-state index is 0.236. The smallest absolute Gasteiger partial charge is 0.0334 e. The van der Waals surface area contributed by atoms with Crippen LogP contribution in [0.5, 0.6) is 0 Å². The second-order valence-electron chi connectivity index (χ2n) is 4.44. The van der Waals surface area contributed by atoms with Gasteiger partial charge in [-0.25, -0.2) is 0 Å². The molecule has 0 bridgehead atoms. The standard InChI is InChI=1S/C13H19NS/c1-9-4-3-5-12(10(9)2)13(14)11-6-7-15-8-11/h3-5,11,13H,6-8,14H2,1-2H3. The summed E-state index contributed by atoms with van der Waals surface area (Å²) in [6.07, 6.45) is 1.28. The Balaban J connectivity index is 2.24. The lowest BCUT2D eigenvalue weighted by Gasteiger charge is -2.21. The third-order valence-corrected chi connectivity index (χ3v) is 4.67. The SMILES string of the molecule is Cc1cccc(C(N)C2CCSC2)c1C. The van der Waals surface area contributed by atoms with Gasteiger partial charge in [-0.05, 0) is 54.4 Å². The third kappa shape index (κ3) is 2.21. The van der Waals surface area contributed by atoms with Crippen molar-refractivity contribution in [1.29, 1.82) is 0 Å². The van der Waals surface area contributed by atoms with Crippen LogP contribution in [0.3, 0.4) is 0 Å². The van der Waals surface area contributed by atoms with Gasteiger partial charge in [0.2, 0.25) is 0 Å². The molecule has 0 aromatic heterocycles. The van der Waals surface area contributed by atoms with E-state index in [9.17, 15) is 0 Å². The van der Waals surface area contributed by atoms with E-state index in [1.165, 1.54) is 34.6 Å². The van der Waals surface area contributed by atoms with Crippen LogP contribution < -0.4 is 5.73 Å². The van der Waals surface area contributed by atoms with Crippen LogP contribution in [0.2, 0.25) is 0 Å². The summed E-state index contributed by atoms with van der Waals surface area (Å²) < 4.78 is 0. The Morgan fingerprint density at radius 1 is 1.40 bits per heavy atom. The number of hydrogen-bond acceptors (Lipinski definition) is 2. The zero-order valence-corrected chi connectivity index (χ0v) is 10.3. The normalized spacial score (nSPS) is 23.0. The van der Waals surface area contributed by atoms with Gasteiger partial charge in [0.25, 0.3) is 0 Å². The van der Waals surface area contributed by atoms with Crippen molar-refractivity contribution < 1.29 is 0 Å². The van der Waals surface area contributed by atoms with Crippen LogP contribution in [0.15, 0.2) is 18.2 Å². The van der Waals surface area contributed by atoms with E-state index in [-0.39, 0.29) is 6.04 Å². The summed E-state index contributed by atoms with van der Waals surface area (Å²) in [5, 5.41) is 0. The van der Waals surface area contributed by atoms with E-state index in [0.717, 1.165) is 0 Å². The lowest BCUT2D eigenvalue weighted by atomic mass is 9.89. The van der Waals surface area contributed by atoms with Crippen LogP contribution in [0.4, 0.5) is 0 Å². The second kappa shape index (κ2) is 4.58. The van der Waals surface area contributed by atoms with Gasteiger partial charge in [-0.1, -0.05) is 18.2 Å². The molecule has 82 valence electrons. The maximum Gasteiger partial charge on any atom is 0.0334 e. The summed E-state index contributed by atoms with van der Waals surface area (Å²) >= 11 is 2.04. The van der Waals surface area contributed by atoms with Crippen LogP contribution in [0, 0.1) is 19.8 Å². The number of thioether (sulfide) groups is 1. The molecule has 2 unspecified atom stereocenters. The van der Waals surface area contributed by atoms with Gasteiger partial charge in [0.05, 0.1) is 0 Å². The molecule has 15 heavy (non-hydrogen) atoms. The van der Waals surface area contributed by atoms with Crippen molar-refractivity contribution in [3.05, 3.63) is 34.9 Å². The van der Waals surface area contributed by atoms with Crippen LogP contribution >= 0.6 is 11.8 Å².